The molecule has 26 heavy (non-hydrogen) atoms. The Labute approximate surface area is 151 Å². The minimum absolute atomic E-state index is 0.0245. The Morgan fingerprint density at radius 3 is 2.85 bits per heavy atom. The first-order valence-electron chi connectivity index (χ1n) is 8.82. The van der Waals surface area contributed by atoms with Crippen LogP contribution in [0.4, 0.5) is 0 Å². The quantitative estimate of drug-likeness (QED) is 0.625. The summed E-state index contributed by atoms with van der Waals surface area (Å²) in [7, 11) is 3.30. The number of carbonyl (C=O) groups excluding carboxylic acids is 1. The van der Waals surface area contributed by atoms with E-state index in [1.165, 1.54) is 4.68 Å². The van der Waals surface area contributed by atoms with Crippen LogP contribution in [0.5, 0.6) is 0 Å². The number of rotatable bonds is 8. The van der Waals surface area contributed by atoms with Crippen molar-refractivity contribution in [2.45, 2.75) is 25.8 Å². The molecule has 3 aromatic rings. The monoisotopic (exact) mass is 356 g/mol. The lowest BCUT2D eigenvalue weighted by Crippen LogP contribution is -2.25. The lowest BCUT2D eigenvalue weighted by Gasteiger charge is -2.08. The number of hydrogen-bond donors (Lipinski definition) is 1. The zero-order chi connectivity index (χ0) is 18.5. The van der Waals surface area contributed by atoms with Gasteiger partial charge in [-0.2, -0.15) is 5.10 Å². The van der Waals surface area contributed by atoms with Gasteiger partial charge in [-0.25, -0.2) is 4.68 Å². The molecule has 7 nitrogen and oxygen atoms in total. The number of carbonyl (C=O) groups is 1. The minimum Gasteiger partial charge on any atom is -0.385 e. The van der Waals surface area contributed by atoms with Crippen molar-refractivity contribution in [3.63, 3.8) is 0 Å². The molecular weight excluding hydrogens is 332 g/mol. The van der Waals surface area contributed by atoms with Crippen LogP contribution in [-0.4, -0.2) is 40.5 Å². The van der Waals surface area contributed by atoms with Gasteiger partial charge in [0.05, 0.1) is 6.20 Å². The molecule has 0 spiro atoms. The lowest BCUT2D eigenvalue weighted by atomic mass is 10.2. The molecule has 0 aliphatic heterocycles. The number of benzene rings is 1. The van der Waals surface area contributed by atoms with Crippen LogP contribution in [0.3, 0.4) is 0 Å². The maximum absolute atomic E-state index is 12.6. The van der Waals surface area contributed by atoms with Crippen LogP contribution in [0.2, 0.25) is 0 Å². The van der Waals surface area contributed by atoms with E-state index in [2.05, 4.69) is 10.4 Å². The highest BCUT2D eigenvalue weighted by molar-refractivity contribution is 6.07. The van der Waals surface area contributed by atoms with E-state index in [4.69, 9.17) is 4.74 Å². The molecule has 0 fully saturated rings. The van der Waals surface area contributed by atoms with Crippen molar-refractivity contribution >= 4 is 27.7 Å². The van der Waals surface area contributed by atoms with Gasteiger partial charge in [0, 0.05) is 56.6 Å². The number of fused-ring (bicyclic) bond motifs is 3. The summed E-state index contributed by atoms with van der Waals surface area (Å²) in [5.41, 5.74) is 1.51. The summed E-state index contributed by atoms with van der Waals surface area (Å²) < 4.78 is 8.32. The Hall–Kier alpha value is -2.67. The SMILES string of the molecule is COCCCNC(=O)CCCn1c2ccccc2c2cnn(C)c(=O)c21. The summed E-state index contributed by atoms with van der Waals surface area (Å²) >= 11 is 0. The number of nitrogens with one attached hydrogen (secondary N) is 1. The topological polar surface area (TPSA) is 78.2 Å². The summed E-state index contributed by atoms with van der Waals surface area (Å²) in [5, 5.41) is 8.90. The zero-order valence-electron chi connectivity index (χ0n) is 15.2. The fraction of sp³-hybridized carbons (Fsp3) is 0.421. The van der Waals surface area contributed by atoms with Gasteiger partial charge in [-0.05, 0) is 18.9 Å². The van der Waals surface area contributed by atoms with Crippen molar-refractivity contribution < 1.29 is 9.53 Å². The molecule has 0 atom stereocenters. The molecule has 0 unspecified atom stereocenters. The molecule has 0 bridgehead atoms. The molecule has 2 heterocycles. The molecule has 0 saturated carbocycles. The van der Waals surface area contributed by atoms with E-state index in [1.54, 1.807) is 20.4 Å². The first-order valence-corrected chi connectivity index (χ1v) is 8.82. The van der Waals surface area contributed by atoms with Gasteiger partial charge in [-0.3, -0.25) is 9.59 Å². The number of hydrogen-bond acceptors (Lipinski definition) is 4. The van der Waals surface area contributed by atoms with Crippen LogP contribution in [0, 0.1) is 0 Å². The van der Waals surface area contributed by atoms with E-state index >= 15 is 0 Å². The molecule has 0 aliphatic carbocycles. The van der Waals surface area contributed by atoms with E-state index in [9.17, 15) is 9.59 Å². The molecule has 0 saturated heterocycles. The fourth-order valence-corrected chi connectivity index (χ4v) is 3.20. The highest BCUT2D eigenvalue weighted by Gasteiger charge is 2.14. The Balaban J connectivity index is 1.78. The van der Waals surface area contributed by atoms with Crippen LogP contribution < -0.4 is 10.9 Å². The van der Waals surface area contributed by atoms with Crippen molar-refractivity contribution in [2.75, 3.05) is 20.3 Å². The Morgan fingerprint density at radius 2 is 2.04 bits per heavy atom. The third kappa shape index (κ3) is 3.62. The van der Waals surface area contributed by atoms with Crippen LogP contribution in [0.15, 0.2) is 35.3 Å². The van der Waals surface area contributed by atoms with Crippen molar-refractivity contribution in [1.29, 1.82) is 0 Å². The maximum atomic E-state index is 12.6. The second-order valence-electron chi connectivity index (χ2n) is 6.30. The average Bonchev–Trinajstić information content (AvgIpc) is 2.97. The van der Waals surface area contributed by atoms with Gasteiger partial charge in [0.2, 0.25) is 5.91 Å². The van der Waals surface area contributed by atoms with Crippen LogP contribution in [0.1, 0.15) is 19.3 Å². The normalized spacial score (nSPS) is 11.3. The van der Waals surface area contributed by atoms with Gasteiger partial charge in [0.1, 0.15) is 5.52 Å². The largest absolute Gasteiger partial charge is 0.385 e. The predicted octanol–water partition coefficient (Wildman–Crippen LogP) is 1.82. The fourth-order valence-electron chi connectivity index (χ4n) is 3.20. The van der Waals surface area contributed by atoms with Gasteiger partial charge in [-0.15, -0.1) is 0 Å². The number of ether oxygens (including phenoxy) is 1. The van der Waals surface area contributed by atoms with E-state index in [0.29, 0.717) is 38.1 Å². The van der Waals surface area contributed by atoms with E-state index in [1.807, 2.05) is 28.8 Å². The van der Waals surface area contributed by atoms with Crippen molar-refractivity contribution in [2.24, 2.45) is 7.05 Å². The first-order chi connectivity index (χ1) is 12.6. The summed E-state index contributed by atoms with van der Waals surface area (Å²) in [6.45, 7) is 1.86. The molecule has 0 radical (unpaired) electrons. The smallest absolute Gasteiger partial charge is 0.291 e. The molecule has 3 rings (SSSR count). The molecule has 7 heteroatoms. The number of methoxy groups -OCH3 is 1. The number of nitrogens with zero attached hydrogens (tertiary/aromatic N) is 3. The van der Waals surface area contributed by atoms with Gasteiger partial charge < -0.3 is 14.6 Å². The highest BCUT2D eigenvalue weighted by atomic mass is 16.5. The zero-order valence-corrected chi connectivity index (χ0v) is 15.2. The molecule has 0 aliphatic rings. The number of aromatic nitrogens is 3. The molecule has 1 N–H and O–H groups in total. The maximum Gasteiger partial charge on any atom is 0.291 e. The van der Waals surface area contributed by atoms with Crippen molar-refractivity contribution in [1.82, 2.24) is 19.7 Å². The van der Waals surface area contributed by atoms with Gasteiger partial charge in [-0.1, -0.05) is 18.2 Å². The van der Waals surface area contributed by atoms with E-state index in [0.717, 1.165) is 22.7 Å². The Kier molecular flexibility index (Phi) is 5.68. The second kappa shape index (κ2) is 8.14. The summed E-state index contributed by atoms with van der Waals surface area (Å²) in [5.74, 6) is 0.0245. The summed E-state index contributed by atoms with van der Waals surface area (Å²) in [4.78, 5) is 24.6. The highest BCUT2D eigenvalue weighted by Crippen LogP contribution is 2.26. The summed E-state index contributed by atoms with van der Waals surface area (Å²) in [6, 6.07) is 7.91. The third-order valence-electron chi connectivity index (χ3n) is 4.50. The molecule has 1 amide bonds. The van der Waals surface area contributed by atoms with E-state index < -0.39 is 0 Å². The van der Waals surface area contributed by atoms with Crippen LogP contribution >= 0.6 is 0 Å². The Morgan fingerprint density at radius 1 is 1.23 bits per heavy atom. The van der Waals surface area contributed by atoms with Crippen molar-refractivity contribution in [3.8, 4) is 0 Å². The third-order valence-corrected chi connectivity index (χ3v) is 4.50. The minimum atomic E-state index is -0.122. The average molecular weight is 356 g/mol. The van der Waals surface area contributed by atoms with Crippen molar-refractivity contribution in [3.05, 3.63) is 40.8 Å². The van der Waals surface area contributed by atoms with Gasteiger partial charge in [0.25, 0.3) is 5.56 Å². The summed E-state index contributed by atoms with van der Waals surface area (Å²) in [6.07, 6.45) is 3.62. The van der Waals surface area contributed by atoms with E-state index in [-0.39, 0.29) is 11.5 Å². The standard InChI is InChI=1S/C19H24N4O3/c1-22-19(25)18-15(13-21-22)14-7-3-4-8-16(14)23(18)11-5-9-17(24)20-10-6-12-26-2/h3-4,7-8,13H,5-6,9-12H2,1-2H3,(H,20,24). The van der Waals surface area contributed by atoms with Gasteiger partial charge in [0.15, 0.2) is 0 Å². The lowest BCUT2D eigenvalue weighted by molar-refractivity contribution is -0.121. The molecule has 1 aromatic carbocycles. The molecular formula is C19H24N4O3. The van der Waals surface area contributed by atoms with Gasteiger partial charge >= 0.3 is 0 Å². The van der Waals surface area contributed by atoms with Crippen LogP contribution in [-0.2, 0) is 23.1 Å². The Bertz CT molecular complexity index is 974. The number of aryl methyl sites for hydroxylation is 2. The number of para-hydroxylation sites is 1. The number of amides is 1. The molecule has 2 aromatic heterocycles. The first kappa shape index (κ1) is 18.1. The van der Waals surface area contributed by atoms with Crippen LogP contribution in [0.25, 0.3) is 21.8 Å². The molecule has 138 valence electrons. The predicted molar refractivity (Wildman–Crippen MR) is 101 cm³/mol. The second-order valence-corrected chi connectivity index (χ2v) is 6.30.